The van der Waals surface area contributed by atoms with Crippen molar-refractivity contribution in [2.45, 2.75) is 143 Å². The van der Waals surface area contributed by atoms with E-state index >= 15 is 0 Å². The van der Waals surface area contributed by atoms with Gasteiger partial charge in [0.25, 0.3) is 20.2 Å². The average Bonchev–Trinajstić information content (AvgIpc) is 3.62. The second-order valence-electron chi connectivity index (χ2n) is 18.8. The molecule has 4 unspecified atom stereocenters. The summed E-state index contributed by atoms with van der Waals surface area (Å²) < 4.78 is 105. The maximum absolute atomic E-state index is 13.4. The maximum Gasteiger partial charge on any atom is 0.294 e. The van der Waals surface area contributed by atoms with Gasteiger partial charge >= 0.3 is 0 Å². The number of rotatable bonds is 13. The van der Waals surface area contributed by atoms with Crippen LogP contribution >= 0.6 is 0 Å². The molecule has 4 atom stereocenters. The van der Waals surface area contributed by atoms with Crippen LogP contribution in [0.5, 0.6) is 0 Å². The van der Waals surface area contributed by atoms with E-state index in [1.54, 1.807) is 12.1 Å². The van der Waals surface area contributed by atoms with E-state index in [4.69, 9.17) is 5.84 Å². The predicted molar refractivity (Wildman–Crippen MR) is 256 cm³/mol. The summed E-state index contributed by atoms with van der Waals surface area (Å²) in [4.78, 5) is 53.4. The number of anilines is 1. The van der Waals surface area contributed by atoms with Gasteiger partial charge in [0.05, 0.1) is 27.5 Å². The van der Waals surface area contributed by atoms with Crippen LogP contribution in [0.3, 0.4) is 0 Å². The number of benzene rings is 2. The standard InChI is InChI=1S/C46H67N7O13S3/c1-45(2)34-29-32(68(61,62)63)20-22-37(34)52-26-12-6-9-17-41(54)49-31-36(44(57)48-25-11-5-8-19-43(56)51-47)50-42(55)18-7-4-10-24-46(3)35-30-33(69(64,65)66)21-23-38(35)53(27-14-28-67(58,59)60)40(46)16-13-15-39(45)52/h13,15-16,20-23,29-30,36,39H,4-12,14,17-19,24-28,31,47H2,1-3H3,(H,48,57)(H,49,54)(H,50,55)(H,51,56)(H,58,59,60)(H,61,62,63)(H,64,65,66)/b15-13+,40-16-. The van der Waals surface area contributed by atoms with Crippen molar-refractivity contribution in [1.29, 1.82) is 0 Å². The minimum Gasteiger partial charge on any atom is -0.744 e. The van der Waals surface area contributed by atoms with Crippen molar-refractivity contribution < 1.29 is 63.0 Å². The Hall–Kier alpha value is -4.75. The van der Waals surface area contributed by atoms with Gasteiger partial charge in [-0.2, -0.15) is 16.8 Å². The maximum atomic E-state index is 13.4. The number of nitrogens with two attached hydrogens (primary N) is 1. The van der Waals surface area contributed by atoms with E-state index < -0.39 is 64.8 Å². The Kier molecular flexibility index (Phi) is 18.7. The zero-order valence-corrected chi connectivity index (χ0v) is 41.9. The van der Waals surface area contributed by atoms with E-state index in [0.29, 0.717) is 93.3 Å². The van der Waals surface area contributed by atoms with Crippen molar-refractivity contribution >= 4 is 65.4 Å². The number of carbonyl (C=O) groups is 4. The number of nitrogens with one attached hydrogen (secondary N) is 5. The summed E-state index contributed by atoms with van der Waals surface area (Å²) in [5, 5.41) is 8.37. The molecule has 0 spiro atoms. The Labute approximate surface area is 405 Å². The van der Waals surface area contributed by atoms with Crippen molar-refractivity contribution in [3.05, 3.63) is 71.5 Å². The highest BCUT2D eigenvalue weighted by molar-refractivity contribution is 7.86. The zero-order chi connectivity index (χ0) is 50.8. The van der Waals surface area contributed by atoms with Crippen LogP contribution in [-0.4, -0.2) is 107 Å². The van der Waals surface area contributed by atoms with E-state index in [-0.39, 0.29) is 73.0 Å². The summed E-state index contributed by atoms with van der Waals surface area (Å²) in [6.07, 6.45) is 11.6. The molecule has 20 nitrogen and oxygen atoms in total. The number of allylic oxidation sites excluding steroid dienone is 3. The summed E-state index contributed by atoms with van der Waals surface area (Å²) >= 11 is 0. The molecule has 3 aliphatic rings. The highest BCUT2D eigenvalue weighted by atomic mass is 32.2. The van der Waals surface area contributed by atoms with Crippen molar-refractivity contribution in [2.24, 2.45) is 5.84 Å². The second kappa shape index (κ2) is 23.4. The normalized spacial score (nSPS) is 24.2. The summed E-state index contributed by atoms with van der Waals surface area (Å²) in [6, 6.07) is 7.24. The molecule has 0 saturated carbocycles. The van der Waals surface area contributed by atoms with E-state index in [0.717, 1.165) is 10.6 Å². The highest BCUT2D eigenvalue weighted by Crippen LogP contribution is 2.51. The molecule has 2 aromatic carbocycles. The third-order valence-electron chi connectivity index (χ3n) is 13.4. The molecule has 0 fully saturated rings. The van der Waals surface area contributed by atoms with Crippen LogP contribution in [0, 0.1) is 0 Å². The molecule has 23 heteroatoms. The summed E-state index contributed by atoms with van der Waals surface area (Å²) in [7, 11) is -13.8. The summed E-state index contributed by atoms with van der Waals surface area (Å²) in [5.41, 5.74) is 3.73. The van der Waals surface area contributed by atoms with Crippen molar-refractivity contribution in [3.8, 4) is 0 Å². The number of fused-ring (bicyclic) bond motifs is 6. The number of amides is 4. The van der Waals surface area contributed by atoms with Crippen molar-refractivity contribution in [2.75, 3.05) is 36.8 Å². The monoisotopic (exact) mass is 1020 g/mol. The fraction of sp³-hybridized carbons (Fsp3) is 0.565. The highest BCUT2D eigenvalue weighted by Gasteiger charge is 2.48. The first-order valence-electron chi connectivity index (χ1n) is 23.4. The Morgan fingerprint density at radius 2 is 1.55 bits per heavy atom. The lowest BCUT2D eigenvalue weighted by Gasteiger charge is -2.31. The van der Waals surface area contributed by atoms with Gasteiger partial charge < -0.3 is 25.4 Å². The lowest BCUT2D eigenvalue weighted by molar-refractivity contribution is -0.850. The van der Waals surface area contributed by atoms with Crippen LogP contribution in [0.25, 0.3) is 0 Å². The number of hydrazine groups is 1. The number of hydrogen-bond acceptors (Lipinski definition) is 13. The van der Waals surface area contributed by atoms with Crippen LogP contribution in [0.1, 0.15) is 122 Å². The lowest BCUT2D eigenvalue weighted by Crippen LogP contribution is -3.10. The van der Waals surface area contributed by atoms with Gasteiger partial charge in [0, 0.05) is 67.3 Å². The molecule has 9 N–H and O–H groups in total. The molecule has 0 saturated heterocycles. The molecule has 2 aromatic rings. The summed E-state index contributed by atoms with van der Waals surface area (Å²) in [5.74, 6) is 3.12. The zero-order valence-electron chi connectivity index (χ0n) is 39.4. The smallest absolute Gasteiger partial charge is 0.294 e. The molecule has 0 aromatic heterocycles. The predicted octanol–water partition coefficient (Wildman–Crippen LogP) is 2.30. The second-order valence-corrected chi connectivity index (χ2v) is 23.2. The first-order chi connectivity index (χ1) is 32.4. The molecular formula is C46H67N7O13S3. The molecule has 4 amide bonds. The van der Waals surface area contributed by atoms with Crippen LogP contribution < -0.4 is 37.0 Å². The minimum absolute atomic E-state index is 0.00781. The number of unbranched alkanes of at least 4 members (excludes halogenated alkanes) is 2. The Bertz CT molecular complexity index is 2620. The van der Waals surface area contributed by atoms with Gasteiger partial charge in [-0.25, -0.2) is 14.3 Å². The molecular weight excluding hydrogens is 955 g/mol. The lowest BCUT2D eigenvalue weighted by atomic mass is 9.76. The topological polar surface area (TPSA) is 316 Å². The number of hydrogen-bond donors (Lipinski definition) is 8. The summed E-state index contributed by atoms with van der Waals surface area (Å²) in [6.45, 7) is 6.65. The number of carbonyl (C=O) groups excluding carboxylic acids is 4. The van der Waals surface area contributed by atoms with E-state index in [1.165, 1.54) is 24.3 Å². The van der Waals surface area contributed by atoms with Gasteiger partial charge in [-0.3, -0.25) is 38.6 Å². The van der Waals surface area contributed by atoms with Crippen molar-refractivity contribution in [3.63, 3.8) is 0 Å². The van der Waals surface area contributed by atoms with Crippen LogP contribution in [0.2, 0.25) is 0 Å². The van der Waals surface area contributed by atoms with Gasteiger partial charge in [0.2, 0.25) is 23.6 Å². The molecule has 69 heavy (non-hydrogen) atoms. The third kappa shape index (κ3) is 14.7. The number of nitrogens with zero attached hydrogens (tertiary/aromatic N) is 1. The average molecular weight is 1020 g/mol. The van der Waals surface area contributed by atoms with Crippen LogP contribution in [0.4, 0.5) is 11.4 Å². The molecule has 5 rings (SSSR count). The van der Waals surface area contributed by atoms with Gasteiger partial charge in [0.15, 0.2) is 0 Å². The third-order valence-corrected chi connectivity index (χ3v) is 15.9. The molecule has 382 valence electrons. The Balaban J connectivity index is 1.49. The SMILES string of the molecule is CC12CCCCCC(=O)NC(C(=O)NCCCCCC(=O)NN)CNC(=O)CCCCC[NH+]3c4ccc(S(=O)(=O)[O-])cc4C(C)(C)C3/C=C/C=C/1N(CCCS(=O)(=O)O)c1ccc(S(=O)(=O)O)cc12. The Morgan fingerprint density at radius 3 is 2.23 bits per heavy atom. The van der Waals surface area contributed by atoms with Crippen LogP contribution in [-0.2, 0) is 60.4 Å². The first kappa shape index (κ1) is 55.2. The molecule has 3 heterocycles. The molecule has 0 bridgehead atoms. The largest absolute Gasteiger partial charge is 0.744 e. The fourth-order valence-electron chi connectivity index (χ4n) is 9.76. The quantitative estimate of drug-likeness (QED) is 0.0469. The van der Waals surface area contributed by atoms with E-state index in [2.05, 4.69) is 21.4 Å². The minimum atomic E-state index is -4.78. The fourth-order valence-corrected chi connectivity index (χ4v) is 11.3. The first-order valence-corrected chi connectivity index (χ1v) is 27.9. The molecule has 0 aliphatic carbocycles. The molecule has 3 aliphatic heterocycles. The van der Waals surface area contributed by atoms with Gasteiger partial charge in [0.1, 0.15) is 27.9 Å². The van der Waals surface area contributed by atoms with Gasteiger partial charge in [-0.15, -0.1) is 0 Å². The Morgan fingerprint density at radius 1 is 0.870 bits per heavy atom. The van der Waals surface area contributed by atoms with Gasteiger partial charge in [-0.1, -0.05) is 25.3 Å². The molecule has 0 radical (unpaired) electrons. The van der Waals surface area contributed by atoms with Crippen LogP contribution in [0.15, 0.2) is 70.1 Å². The van der Waals surface area contributed by atoms with E-state index in [1.807, 2.05) is 43.9 Å². The van der Waals surface area contributed by atoms with Crippen molar-refractivity contribution in [1.82, 2.24) is 21.4 Å². The van der Waals surface area contributed by atoms with Gasteiger partial charge in [-0.05, 0) is 120 Å². The number of quaternary nitrogens is 1. The van der Waals surface area contributed by atoms with E-state index in [9.17, 15) is 58.1 Å².